The van der Waals surface area contributed by atoms with E-state index in [0.717, 1.165) is 44.9 Å². The minimum atomic E-state index is -0.389. The van der Waals surface area contributed by atoms with Crippen molar-refractivity contribution in [3.8, 4) is 0 Å². The lowest BCUT2D eigenvalue weighted by atomic mass is 9.69. The summed E-state index contributed by atoms with van der Waals surface area (Å²) in [6.45, 7) is 11.3. The van der Waals surface area contributed by atoms with Crippen molar-refractivity contribution in [3.05, 3.63) is 72.4 Å². The van der Waals surface area contributed by atoms with Crippen LogP contribution >= 0.6 is 0 Å². The fraction of sp³-hybridized carbons (Fsp3) is 0.571. The second kappa shape index (κ2) is 14.1. The third kappa shape index (κ3) is 7.62. The summed E-state index contributed by atoms with van der Waals surface area (Å²) >= 11 is 0. The van der Waals surface area contributed by atoms with Gasteiger partial charge in [0.25, 0.3) is 0 Å². The molecule has 0 unspecified atom stereocenters. The van der Waals surface area contributed by atoms with Crippen LogP contribution in [0.25, 0.3) is 0 Å². The van der Waals surface area contributed by atoms with Crippen LogP contribution in [0.5, 0.6) is 0 Å². The average molecular weight is 545 g/mol. The van der Waals surface area contributed by atoms with E-state index >= 15 is 0 Å². The molecule has 2 atom stereocenters. The molecule has 2 amide bonds. The van der Waals surface area contributed by atoms with Crippen LogP contribution in [-0.4, -0.2) is 53.1 Å². The normalized spacial score (nSPS) is 25.9. The Labute approximate surface area is 241 Å². The zero-order chi connectivity index (χ0) is 28.5. The van der Waals surface area contributed by atoms with E-state index in [1.165, 1.54) is 36.0 Å². The standard InChI is InChI=1S/C35H48N2O3/c1-4-12-32(38)31-18-10-22-37(31)34(40)26-36-21-11-20-35(25-27(2)3,30-16-6-5-7-17-30)19-9-15-29(24-33(36)39)23-28-13-8-14-28/h4-7,15-17,28,31H,1-2,8-14,18-26H2,3H3/b29-15+/t31-,35-/m0/s1. The van der Waals surface area contributed by atoms with E-state index in [1.807, 2.05) is 0 Å². The molecule has 1 saturated carbocycles. The predicted octanol–water partition coefficient (Wildman–Crippen LogP) is 6.94. The molecular formula is C35H48N2O3. The van der Waals surface area contributed by atoms with E-state index in [9.17, 15) is 14.4 Å². The molecule has 0 bridgehead atoms. The quantitative estimate of drug-likeness (QED) is 0.300. The van der Waals surface area contributed by atoms with Crippen molar-refractivity contribution in [1.29, 1.82) is 0 Å². The molecule has 3 aliphatic rings. The Hall–Kier alpha value is -2.95. The van der Waals surface area contributed by atoms with Gasteiger partial charge in [0.05, 0.1) is 12.6 Å². The highest BCUT2D eigenvalue weighted by atomic mass is 16.2. The Bertz CT molecular complexity index is 1100. The van der Waals surface area contributed by atoms with Crippen LogP contribution < -0.4 is 0 Å². The maximum Gasteiger partial charge on any atom is 0.242 e. The highest BCUT2D eigenvalue weighted by Crippen LogP contribution is 2.41. The summed E-state index contributed by atoms with van der Waals surface area (Å²) in [5.74, 6) is 0.653. The van der Waals surface area contributed by atoms with Crippen molar-refractivity contribution in [1.82, 2.24) is 9.80 Å². The Morgan fingerprint density at radius 3 is 2.50 bits per heavy atom. The van der Waals surface area contributed by atoms with Gasteiger partial charge in [-0.3, -0.25) is 14.4 Å². The van der Waals surface area contributed by atoms with E-state index in [2.05, 4.69) is 56.5 Å². The Morgan fingerprint density at radius 1 is 1.05 bits per heavy atom. The molecule has 1 saturated heterocycles. The Kier molecular flexibility index (Phi) is 10.6. The zero-order valence-corrected chi connectivity index (χ0v) is 24.5. The van der Waals surface area contributed by atoms with E-state index in [0.29, 0.717) is 31.8 Å². The monoisotopic (exact) mass is 544 g/mol. The van der Waals surface area contributed by atoms with Gasteiger partial charge in [0.15, 0.2) is 5.78 Å². The van der Waals surface area contributed by atoms with Crippen LogP contribution in [-0.2, 0) is 19.8 Å². The smallest absolute Gasteiger partial charge is 0.242 e. The molecule has 2 fully saturated rings. The van der Waals surface area contributed by atoms with E-state index < -0.39 is 0 Å². The first-order valence-corrected chi connectivity index (χ1v) is 15.4. The van der Waals surface area contributed by atoms with Gasteiger partial charge in [-0.05, 0) is 75.2 Å². The summed E-state index contributed by atoms with van der Waals surface area (Å²) < 4.78 is 0. The summed E-state index contributed by atoms with van der Waals surface area (Å²) in [5, 5.41) is 0. The molecule has 1 aromatic rings. The first kappa shape index (κ1) is 30.0. The van der Waals surface area contributed by atoms with Gasteiger partial charge in [-0.25, -0.2) is 0 Å². The molecule has 0 radical (unpaired) electrons. The number of ketones is 1. The molecule has 2 aliphatic heterocycles. The van der Waals surface area contributed by atoms with Crippen molar-refractivity contribution >= 4 is 17.6 Å². The lowest BCUT2D eigenvalue weighted by molar-refractivity contribution is -0.142. The van der Waals surface area contributed by atoms with Crippen molar-refractivity contribution in [2.75, 3.05) is 19.6 Å². The van der Waals surface area contributed by atoms with Crippen molar-refractivity contribution < 1.29 is 14.4 Å². The fourth-order valence-electron chi connectivity index (χ4n) is 7.05. The largest absolute Gasteiger partial charge is 0.333 e. The average Bonchev–Trinajstić information content (AvgIpc) is 3.39. The number of benzene rings is 1. The zero-order valence-electron chi connectivity index (χ0n) is 24.5. The van der Waals surface area contributed by atoms with Crippen molar-refractivity contribution in [3.63, 3.8) is 0 Å². The highest BCUT2D eigenvalue weighted by molar-refractivity contribution is 5.92. The molecule has 40 heavy (non-hydrogen) atoms. The number of rotatable bonds is 10. The van der Waals surface area contributed by atoms with Gasteiger partial charge in [-0.1, -0.05) is 72.9 Å². The molecule has 216 valence electrons. The lowest BCUT2D eigenvalue weighted by Gasteiger charge is -2.36. The number of hydrogen-bond donors (Lipinski definition) is 0. The van der Waals surface area contributed by atoms with Gasteiger partial charge in [-0.2, -0.15) is 0 Å². The Balaban J connectivity index is 1.58. The molecule has 5 heteroatoms. The maximum atomic E-state index is 13.7. The molecule has 0 aromatic heterocycles. The summed E-state index contributed by atoms with van der Waals surface area (Å²) in [5.41, 5.74) is 3.68. The van der Waals surface area contributed by atoms with Crippen LogP contribution in [0, 0.1) is 5.92 Å². The number of amides is 2. The molecule has 0 N–H and O–H groups in total. The highest BCUT2D eigenvalue weighted by Gasteiger charge is 2.36. The van der Waals surface area contributed by atoms with Crippen LogP contribution in [0.2, 0.25) is 0 Å². The maximum absolute atomic E-state index is 13.7. The number of Topliss-reactive ketones (excluding diaryl/α,β-unsaturated/α-hetero) is 1. The first-order chi connectivity index (χ1) is 19.3. The SMILES string of the molecule is C=CCC(=O)[C@@H]1CCCN1C(=O)CN1CCC[C@@](CC(=C)C)(c2ccccc2)CC/C=C(\CC2CCC2)CC1=O. The molecule has 1 aliphatic carbocycles. The second-order valence-corrected chi connectivity index (χ2v) is 12.5. The van der Waals surface area contributed by atoms with Crippen LogP contribution in [0.1, 0.15) is 96.0 Å². The van der Waals surface area contributed by atoms with Gasteiger partial charge in [0.1, 0.15) is 0 Å². The van der Waals surface area contributed by atoms with Crippen molar-refractivity contribution in [2.24, 2.45) is 5.92 Å². The molecule has 2 heterocycles. The summed E-state index contributed by atoms with van der Waals surface area (Å²) in [4.78, 5) is 43.4. The topological polar surface area (TPSA) is 57.7 Å². The first-order valence-electron chi connectivity index (χ1n) is 15.4. The number of nitrogens with zero attached hydrogens (tertiary/aromatic N) is 2. The van der Waals surface area contributed by atoms with Gasteiger partial charge in [-0.15, -0.1) is 13.2 Å². The molecule has 0 spiro atoms. The van der Waals surface area contributed by atoms with Crippen molar-refractivity contribution in [2.45, 2.75) is 102 Å². The third-order valence-electron chi connectivity index (χ3n) is 9.29. The third-order valence-corrected chi connectivity index (χ3v) is 9.29. The lowest BCUT2D eigenvalue weighted by Crippen LogP contribution is -2.47. The fourth-order valence-corrected chi connectivity index (χ4v) is 7.05. The Morgan fingerprint density at radius 2 is 1.82 bits per heavy atom. The van der Waals surface area contributed by atoms with E-state index in [4.69, 9.17) is 0 Å². The molecule has 5 nitrogen and oxygen atoms in total. The van der Waals surface area contributed by atoms with Crippen LogP contribution in [0.4, 0.5) is 0 Å². The van der Waals surface area contributed by atoms with Gasteiger partial charge < -0.3 is 9.80 Å². The van der Waals surface area contributed by atoms with E-state index in [1.54, 1.807) is 15.9 Å². The van der Waals surface area contributed by atoms with Gasteiger partial charge in [0, 0.05) is 25.9 Å². The second-order valence-electron chi connectivity index (χ2n) is 12.5. The molecule has 1 aromatic carbocycles. The minimum Gasteiger partial charge on any atom is -0.333 e. The van der Waals surface area contributed by atoms with Crippen LogP contribution in [0.15, 0.2) is 66.8 Å². The van der Waals surface area contributed by atoms with Crippen LogP contribution in [0.3, 0.4) is 0 Å². The number of allylic oxidation sites excluding steroid dienone is 3. The minimum absolute atomic E-state index is 0.0409. The number of carbonyl (C=O) groups excluding carboxylic acids is 3. The van der Waals surface area contributed by atoms with E-state index in [-0.39, 0.29) is 42.0 Å². The summed E-state index contributed by atoms with van der Waals surface area (Å²) in [6.07, 6.45) is 15.5. The number of carbonyl (C=O) groups is 3. The summed E-state index contributed by atoms with van der Waals surface area (Å²) in [6, 6.07) is 10.4. The predicted molar refractivity (Wildman–Crippen MR) is 162 cm³/mol. The van der Waals surface area contributed by atoms with Gasteiger partial charge in [0.2, 0.25) is 11.8 Å². The number of likely N-dealkylation sites (tertiary alicyclic amines) is 1. The molecular weight excluding hydrogens is 496 g/mol. The summed E-state index contributed by atoms with van der Waals surface area (Å²) in [7, 11) is 0. The number of hydrogen-bond acceptors (Lipinski definition) is 3. The molecule has 4 rings (SSSR count). The van der Waals surface area contributed by atoms with Gasteiger partial charge >= 0.3 is 0 Å².